The highest BCUT2D eigenvalue weighted by molar-refractivity contribution is 5.67. The van der Waals surface area contributed by atoms with E-state index in [-0.39, 0.29) is 17.4 Å². The highest BCUT2D eigenvalue weighted by atomic mass is 16.7. The zero-order chi connectivity index (χ0) is 19.2. The van der Waals surface area contributed by atoms with Gasteiger partial charge in [-0.25, -0.2) is 0 Å². The maximum absolute atomic E-state index is 11.7. The Kier molecular flexibility index (Phi) is 5.24. The Bertz CT molecular complexity index is 663. The Labute approximate surface area is 163 Å². The SMILES string of the molecule is COCOC1CCC2C3CCC4=C(CC=C(C)C4)C3[C@@H](CC(=O)O)CC12C. The van der Waals surface area contributed by atoms with E-state index in [1.54, 1.807) is 18.3 Å². The van der Waals surface area contributed by atoms with Gasteiger partial charge in [0.2, 0.25) is 0 Å². The van der Waals surface area contributed by atoms with Gasteiger partial charge in [0.05, 0.1) is 6.10 Å². The molecule has 0 saturated heterocycles. The number of fused-ring (bicyclic) bond motifs is 4. The molecule has 4 heteroatoms. The van der Waals surface area contributed by atoms with E-state index in [1.807, 2.05) is 0 Å². The topological polar surface area (TPSA) is 55.8 Å². The molecule has 4 aliphatic rings. The minimum Gasteiger partial charge on any atom is -0.481 e. The predicted molar refractivity (Wildman–Crippen MR) is 104 cm³/mol. The van der Waals surface area contributed by atoms with Crippen LogP contribution < -0.4 is 0 Å². The molecule has 6 atom stereocenters. The largest absolute Gasteiger partial charge is 0.481 e. The molecule has 0 aromatic rings. The first kappa shape index (κ1) is 19.2. The molecule has 4 aliphatic carbocycles. The predicted octanol–water partition coefficient (Wildman–Crippen LogP) is 4.95. The van der Waals surface area contributed by atoms with Crippen molar-refractivity contribution < 1.29 is 19.4 Å². The molecule has 0 spiro atoms. The number of aliphatic carboxylic acids is 1. The first-order valence-electron chi connectivity index (χ1n) is 10.6. The molecule has 4 rings (SSSR count). The van der Waals surface area contributed by atoms with Crippen molar-refractivity contribution in [1.29, 1.82) is 0 Å². The molecule has 1 N–H and O–H groups in total. The van der Waals surface area contributed by atoms with Crippen LogP contribution in [0.1, 0.15) is 65.2 Å². The fourth-order valence-electron chi connectivity index (χ4n) is 7.19. The molecule has 0 aromatic carbocycles. The van der Waals surface area contributed by atoms with E-state index in [1.165, 1.54) is 24.8 Å². The lowest BCUT2D eigenvalue weighted by molar-refractivity contribution is -0.148. The van der Waals surface area contributed by atoms with Gasteiger partial charge >= 0.3 is 5.97 Å². The minimum absolute atomic E-state index is 0.0816. The first-order chi connectivity index (χ1) is 12.9. The summed E-state index contributed by atoms with van der Waals surface area (Å²) < 4.78 is 11.3. The molecule has 0 heterocycles. The normalized spacial score (nSPS) is 40.9. The Hall–Kier alpha value is -1.13. The second-order valence-electron chi connectivity index (χ2n) is 9.60. The summed E-state index contributed by atoms with van der Waals surface area (Å²) in [4.78, 5) is 11.7. The van der Waals surface area contributed by atoms with Gasteiger partial charge in [0.1, 0.15) is 6.79 Å². The Morgan fingerprint density at radius 1 is 1.33 bits per heavy atom. The maximum atomic E-state index is 11.7. The van der Waals surface area contributed by atoms with Gasteiger partial charge < -0.3 is 14.6 Å². The molecular formula is C23H34O4. The zero-order valence-electron chi connectivity index (χ0n) is 17.0. The van der Waals surface area contributed by atoms with Crippen LogP contribution in [0.2, 0.25) is 0 Å². The number of ether oxygens (including phenoxy) is 2. The van der Waals surface area contributed by atoms with E-state index >= 15 is 0 Å². The van der Waals surface area contributed by atoms with Crippen LogP contribution in [-0.2, 0) is 14.3 Å². The lowest BCUT2D eigenvalue weighted by Crippen LogP contribution is -2.50. The molecule has 0 amide bonds. The third kappa shape index (κ3) is 3.29. The number of hydrogen-bond donors (Lipinski definition) is 1. The second-order valence-corrected chi connectivity index (χ2v) is 9.60. The molecule has 0 aliphatic heterocycles. The number of allylic oxidation sites excluding steroid dienone is 4. The smallest absolute Gasteiger partial charge is 0.303 e. The molecule has 27 heavy (non-hydrogen) atoms. The van der Waals surface area contributed by atoms with Crippen molar-refractivity contribution in [3.63, 3.8) is 0 Å². The summed E-state index contributed by atoms with van der Waals surface area (Å²) >= 11 is 0. The number of carbonyl (C=O) groups is 1. The van der Waals surface area contributed by atoms with E-state index in [4.69, 9.17) is 9.47 Å². The van der Waals surface area contributed by atoms with E-state index in [2.05, 4.69) is 19.9 Å². The highest BCUT2D eigenvalue weighted by Crippen LogP contribution is 2.63. The van der Waals surface area contributed by atoms with Gasteiger partial charge in [0.15, 0.2) is 0 Å². The lowest BCUT2D eigenvalue weighted by atomic mass is 9.50. The lowest BCUT2D eigenvalue weighted by Gasteiger charge is -2.55. The Morgan fingerprint density at radius 2 is 2.15 bits per heavy atom. The number of carboxylic acid groups (broad SMARTS) is 1. The summed E-state index contributed by atoms with van der Waals surface area (Å²) in [6.45, 7) is 4.94. The van der Waals surface area contributed by atoms with E-state index in [0.717, 1.165) is 25.7 Å². The van der Waals surface area contributed by atoms with Crippen LogP contribution in [0.15, 0.2) is 22.8 Å². The van der Waals surface area contributed by atoms with Crippen molar-refractivity contribution in [2.75, 3.05) is 13.9 Å². The van der Waals surface area contributed by atoms with E-state index < -0.39 is 5.97 Å². The van der Waals surface area contributed by atoms with E-state index in [9.17, 15) is 9.90 Å². The average molecular weight is 375 g/mol. The number of hydrogen-bond acceptors (Lipinski definition) is 3. The van der Waals surface area contributed by atoms with Crippen molar-refractivity contribution in [2.45, 2.75) is 71.3 Å². The summed E-state index contributed by atoms with van der Waals surface area (Å²) in [6.07, 6.45) is 10.7. The van der Waals surface area contributed by atoms with Gasteiger partial charge in [0.25, 0.3) is 0 Å². The molecule has 150 valence electrons. The van der Waals surface area contributed by atoms with Crippen LogP contribution in [0.25, 0.3) is 0 Å². The molecule has 2 saturated carbocycles. The summed E-state index contributed by atoms with van der Waals surface area (Å²) in [7, 11) is 1.67. The van der Waals surface area contributed by atoms with Crippen LogP contribution >= 0.6 is 0 Å². The van der Waals surface area contributed by atoms with Crippen LogP contribution in [0, 0.1) is 29.1 Å². The molecular weight excluding hydrogens is 340 g/mol. The zero-order valence-corrected chi connectivity index (χ0v) is 17.0. The minimum atomic E-state index is -0.650. The fraction of sp³-hybridized carbons (Fsp3) is 0.783. The second kappa shape index (κ2) is 7.36. The summed E-state index contributed by atoms with van der Waals surface area (Å²) in [6, 6.07) is 0. The van der Waals surface area contributed by atoms with Crippen molar-refractivity contribution in [3.05, 3.63) is 22.8 Å². The Morgan fingerprint density at radius 3 is 2.89 bits per heavy atom. The van der Waals surface area contributed by atoms with Crippen LogP contribution in [0.3, 0.4) is 0 Å². The van der Waals surface area contributed by atoms with Gasteiger partial charge in [0, 0.05) is 13.5 Å². The number of carboxylic acids is 1. The van der Waals surface area contributed by atoms with Crippen molar-refractivity contribution in [2.24, 2.45) is 29.1 Å². The van der Waals surface area contributed by atoms with Crippen LogP contribution in [0.4, 0.5) is 0 Å². The van der Waals surface area contributed by atoms with Gasteiger partial charge in [-0.15, -0.1) is 0 Å². The average Bonchev–Trinajstić information content (AvgIpc) is 2.94. The highest BCUT2D eigenvalue weighted by Gasteiger charge is 2.58. The first-order valence-corrected chi connectivity index (χ1v) is 10.6. The van der Waals surface area contributed by atoms with Gasteiger partial charge in [-0.3, -0.25) is 4.79 Å². The maximum Gasteiger partial charge on any atom is 0.303 e. The van der Waals surface area contributed by atoms with Gasteiger partial charge in [-0.1, -0.05) is 29.7 Å². The third-order valence-electron chi connectivity index (χ3n) is 8.13. The molecule has 4 nitrogen and oxygen atoms in total. The molecule has 0 bridgehead atoms. The third-order valence-corrected chi connectivity index (χ3v) is 8.13. The molecule has 0 aromatic heterocycles. The van der Waals surface area contributed by atoms with Gasteiger partial charge in [-0.05, 0) is 81.0 Å². The van der Waals surface area contributed by atoms with Crippen LogP contribution in [-0.4, -0.2) is 31.1 Å². The molecule has 0 radical (unpaired) electrons. The van der Waals surface area contributed by atoms with Crippen molar-refractivity contribution in [3.8, 4) is 0 Å². The van der Waals surface area contributed by atoms with E-state index in [0.29, 0.717) is 31.0 Å². The van der Waals surface area contributed by atoms with Gasteiger partial charge in [-0.2, -0.15) is 0 Å². The number of methoxy groups -OCH3 is 1. The summed E-state index contributed by atoms with van der Waals surface area (Å²) in [5.41, 5.74) is 4.79. The van der Waals surface area contributed by atoms with Crippen molar-refractivity contribution in [1.82, 2.24) is 0 Å². The Balaban J connectivity index is 1.66. The summed E-state index contributed by atoms with van der Waals surface area (Å²) in [5.74, 6) is 1.32. The quantitative estimate of drug-likeness (QED) is 0.546. The molecule has 5 unspecified atom stereocenters. The standard InChI is InChI=1S/C23H34O4/c1-14-4-6-17-15(10-14)5-7-18-19-8-9-20(27-13-26-3)23(19,2)12-16(22(17)18)11-21(24)25/h4,16,18-20,22H,5-13H2,1-3H3,(H,24,25)/t16-,18?,19?,20?,22?,23?/m0/s1. The molecule has 2 fully saturated rings. The van der Waals surface area contributed by atoms with Crippen molar-refractivity contribution >= 4 is 5.97 Å². The monoisotopic (exact) mass is 374 g/mol. The summed E-state index contributed by atoms with van der Waals surface area (Å²) in [5, 5.41) is 9.65. The number of rotatable bonds is 5. The fourth-order valence-corrected chi connectivity index (χ4v) is 7.19. The van der Waals surface area contributed by atoms with Crippen LogP contribution in [0.5, 0.6) is 0 Å².